The molecule has 0 spiro atoms. The number of fused-ring (bicyclic) bond motifs is 2. The molecule has 0 saturated heterocycles. The molecule has 29 heavy (non-hydrogen) atoms. The van der Waals surface area contributed by atoms with Gasteiger partial charge in [-0.1, -0.05) is 17.3 Å². The van der Waals surface area contributed by atoms with Gasteiger partial charge in [0.15, 0.2) is 11.5 Å². The molecule has 1 aliphatic rings. The fourth-order valence-corrected chi connectivity index (χ4v) is 3.65. The molecule has 1 aliphatic carbocycles. The van der Waals surface area contributed by atoms with Crippen LogP contribution in [0.1, 0.15) is 36.8 Å². The van der Waals surface area contributed by atoms with Gasteiger partial charge in [0.05, 0.1) is 17.5 Å². The highest BCUT2D eigenvalue weighted by atomic mass is 16.6. The van der Waals surface area contributed by atoms with E-state index in [4.69, 9.17) is 15.0 Å². The summed E-state index contributed by atoms with van der Waals surface area (Å²) in [7, 11) is 0. The molecule has 0 bridgehead atoms. The van der Waals surface area contributed by atoms with E-state index in [2.05, 4.69) is 44.6 Å². The molecular weight excluding hydrogens is 368 g/mol. The number of nitrogens with zero attached hydrogens (tertiary/aromatic N) is 6. The number of rotatable bonds is 6. The average Bonchev–Trinajstić information content (AvgIpc) is 3.45. The van der Waals surface area contributed by atoms with Crippen LogP contribution in [-0.2, 0) is 10.3 Å². The molecule has 8 heteroatoms. The van der Waals surface area contributed by atoms with Crippen LogP contribution < -0.4 is 0 Å². The van der Waals surface area contributed by atoms with E-state index in [0.29, 0.717) is 17.1 Å². The molecule has 0 amide bonds. The highest BCUT2D eigenvalue weighted by Crippen LogP contribution is 2.52. The third-order valence-electron chi connectivity index (χ3n) is 5.35. The Balaban J connectivity index is 1.57. The van der Waals surface area contributed by atoms with Crippen molar-refractivity contribution in [3.8, 4) is 0 Å². The van der Waals surface area contributed by atoms with Crippen LogP contribution >= 0.6 is 0 Å². The van der Waals surface area contributed by atoms with E-state index in [1.807, 2.05) is 25.1 Å². The highest BCUT2D eigenvalue weighted by Gasteiger charge is 2.50. The van der Waals surface area contributed by atoms with Crippen molar-refractivity contribution in [1.29, 1.82) is 0 Å². The van der Waals surface area contributed by atoms with Gasteiger partial charge in [-0.05, 0) is 55.7 Å². The average molecular weight is 388 g/mol. The van der Waals surface area contributed by atoms with Crippen molar-refractivity contribution in [2.45, 2.75) is 25.2 Å². The lowest BCUT2D eigenvalue weighted by atomic mass is 9.94. The summed E-state index contributed by atoms with van der Waals surface area (Å²) in [6.45, 7) is 1.89. The van der Waals surface area contributed by atoms with Crippen LogP contribution in [0.4, 0.5) is 0 Å². The van der Waals surface area contributed by atoms with Gasteiger partial charge in [-0.2, -0.15) is 9.61 Å². The number of hydrogen-bond donors (Lipinski definition) is 1. The smallest absolute Gasteiger partial charge is 0.177 e. The van der Waals surface area contributed by atoms with E-state index in [0.717, 1.165) is 29.6 Å². The zero-order chi connectivity index (χ0) is 19.8. The van der Waals surface area contributed by atoms with Crippen LogP contribution in [0.3, 0.4) is 0 Å². The summed E-state index contributed by atoms with van der Waals surface area (Å²) in [5.74, 6) is 0.835. The van der Waals surface area contributed by atoms with Crippen molar-refractivity contribution < 1.29 is 9.94 Å². The molecule has 0 radical (unpaired) electrons. The molecule has 0 atom stereocenters. The van der Waals surface area contributed by atoms with Crippen LogP contribution in [0.2, 0.25) is 0 Å². The Morgan fingerprint density at radius 2 is 2.10 bits per heavy atom. The number of aromatic nitrogens is 5. The second kappa shape index (κ2) is 6.89. The fourth-order valence-electron chi connectivity index (χ4n) is 3.65. The lowest BCUT2D eigenvalue weighted by molar-refractivity contribution is 0.0986. The quantitative estimate of drug-likeness (QED) is 0.310. The van der Waals surface area contributed by atoms with Crippen molar-refractivity contribution in [3.05, 3.63) is 65.7 Å². The predicted molar refractivity (Wildman–Crippen MR) is 108 cm³/mol. The molecule has 1 saturated carbocycles. The van der Waals surface area contributed by atoms with Gasteiger partial charge in [-0.25, -0.2) is 0 Å². The molecule has 3 heterocycles. The molecule has 0 aliphatic heterocycles. The van der Waals surface area contributed by atoms with Crippen molar-refractivity contribution in [2.24, 2.45) is 5.16 Å². The van der Waals surface area contributed by atoms with Crippen LogP contribution in [0.15, 0.2) is 53.8 Å². The zero-order valence-electron chi connectivity index (χ0n) is 16.0. The molecule has 1 aromatic carbocycles. The van der Waals surface area contributed by atoms with E-state index in [1.165, 1.54) is 5.56 Å². The Labute approximate surface area is 166 Å². The van der Waals surface area contributed by atoms with Gasteiger partial charge in [0.1, 0.15) is 18.0 Å². The molecular formula is C21H20N6O2. The molecule has 146 valence electrons. The first-order chi connectivity index (χ1) is 14.2. The number of oxime groups is 1. The maximum Gasteiger partial charge on any atom is 0.177 e. The minimum Gasteiger partial charge on any atom is -0.393 e. The first kappa shape index (κ1) is 17.7. The van der Waals surface area contributed by atoms with E-state index >= 15 is 0 Å². The topological polar surface area (TPSA) is 97.8 Å². The minimum atomic E-state index is -0.187. The Bertz CT molecular complexity index is 1230. The number of aliphatic hydroxyl groups is 1. The summed E-state index contributed by atoms with van der Waals surface area (Å²) in [5.41, 5.74) is 4.00. The highest BCUT2D eigenvalue weighted by molar-refractivity contribution is 5.96. The maximum absolute atomic E-state index is 8.84. The zero-order valence-corrected chi connectivity index (χ0v) is 16.0. The van der Waals surface area contributed by atoms with Crippen LogP contribution in [0, 0.1) is 0 Å². The van der Waals surface area contributed by atoms with E-state index in [1.54, 1.807) is 10.7 Å². The SMILES string of the molecule is C/C(=N/OCCO)c1ccc2nnc(C3(c4ccc5ncccc5c4)CC3)n2n1. The first-order valence-corrected chi connectivity index (χ1v) is 9.57. The third-order valence-corrected chi connectivity index (χ3v) is 5.35. The van der Waals surface area contributed by atoms with Gasteiger partial charge >= 0.3 is 0 Å². The van der Waals surface area contributed by atoms with E-state index in [9.17, 15) is 0 Å². The summed E-state index contributed by atoms with van der Waals surface area (Å²) >= 11 is 0. The van der Waals surface area contributed by atoms with Gasteiger partial charge < -0.3 is 9.94 Å². The molecule has 4 aromatic rings. The lowest BCUT2D eigenvalue weighted by Gasteiger charge is -2.14. The van der Waals surface area contributed by atoms with Crippen LogP contribution in [0.25, 0.3) is 16.6 Å². The van der Waals surface area contributed by atoms with Gasteiger partial charge in [-0.15, -0.1) is 10.2 Å². The fraction of sp³-hybridized carbons (Fsp3) is 0.286. The number of aliphatic hydroxyl groups excluding tert-OH is 1. The Hall–Kier alpha value is -3.39. The molecule has 5 rings (SSSR count). The second-order valence-corrected chi connectivity index (χ2v) is 7.24. The number of benzene rings is 1. The monoisotopic (exact) mass is 388 g/mol. The predicted octanol–water partition coefficient (Wildman–Crippen LogP) is 2.49. The first-order valence-electron chi connectivity index (χ1n) is 9.57. The summed E-state index contributed by atoms with van der Waals surface area (Å²) in [6, 6.07) is 14.1. The maximum atomic E-state index is 8.84. The van der Waals surface area contributed by atoms with Crippen molar-refractivity contribution in [3.63, 3.8) is 0 Å². The normalized spacial score (nSPS) is 15.7. The number of pyridine rings is 1. The second-order valence-electron chi connectivity index (χ2n) is 7.24. The molecule has 1 fully saturated rings. The lowest BCUT2D eigenvalue weighted by Crippen LogP contribution is -2.16. The summed E-state index contributed by atoms with van der Waals surface area (Å²) in [6.07, 6.45) is 3.80. The summed E-state index contributed by atoms with van der Waals surface area (Å²) in [4.78, 5) is 9.48. The molecule has 3 aromatic heterocycles. The van der Waals surface area contributed by atoms with Gasteiger partial charge in [-0.3, -0.25) is 4.98 Å². The van der Waals surface area contributed by atoms with E-state index < -0.39 is 0 Å². The van der Waals surface area contributed by atoms with Crippen LogP contribution in [-0.4, -0.2) is 48.8 Å². The summed E-state index contributed by atoms with van der Waals surface area (Å²) < 4.78 is 1.81. The van der Waals surface area contributed by atoms with Crippen molar-refractivity contribution >= 4 is 22.3 Å². The van der Waals surface area contributed by atoms with Gasteiger partial charge in [0, 0.05) is 11.6 Å². The number of hydrogen-bond acceptors (Lipinski definition) is 7. The summed E-state index contributed by atoms with van der Waals surface area (Å²) in [5, 5.41) is 27.5. The largest absolute Gasteiger partial charge is 0.393 e. The Kier molecular flexibility index (Phi) is 4.21. The van der Waals surface area contributed by atoms with Crippen molar-refractivity contribution in [2.75, 3.05) is 13.2 Å². The van der Waals surface area contributed by atoms with Gasteiger partial charge in [0.2, 0.25) is 0 Å². The minimum absolute atomic E-state index is 0.0807. The van der Waals surface area contributed by atoms with Crippen molar-refractivity contribution in [1.82, 2.24) is 24.8 Å². The molecule has 8 nitrogen and oxygen atoms in total. The standard InChI is InChI=1S/C21H20N6O2/c1-14(26-29-12-11-28)17-6-7-19-23-24-20(27(19)25-17)21(8-9-21)16-4-5-18-15(13-16)3-2-10-22-18/h2-7,10,13,28H,8-9,11-12H2,1H3/b26-14-. The molecule has 1 N–H and O–H groups in total. The Morgan fingerprint density at radius 1 is 1.21 bits per heavy atom. The van der Waals surface area contributed by atoms with E-state index in [-0.39, 0.29) is 18.6 Å². The Morgan fingerprint density at radius 3 is 2.93 bits per heavy atom. The third kappa shape index (κ3) is 3.01. The van der Waals surface area contributed by atoms with Gasteiger partial charge in [0.25, 0.3) is 0 Å². The van der Waals surface area contributed by atoms with Crippen LogP contribution in [0.5, 0.6) is 0 Å². The molecule has 0 unspecified atom stereocenters.